The molecule has 2 saturated heterocycles. The molecule has 10 heteroatoms. The van der Waals surface area contributed by atoms with E-state index in [4.69, 9.17) is 14.2 Å². The van der Waals surface area contributed by atoms with Crippen molar-refractivity contribution in [1.82, 2.24) is 14.1 Å². The lowest BCUT2D eigenvalue weighted by Gasteiger charge is -2.38. The number of carbonyl (C=O) groups is 1. The van der Waals surface area contributed by atoms with Crippen LogP contribution in [0.2, 0.25) is 0 Å². The van der Waals surface area contributed by atoms with E-state index in [1.165, 1.54) is 4.31 Å². The molecular formula is C27H35N3O6S. The van der Waals surface area contributed by atoms with Crippen molar-refractivity contribution in [2.75, 3.05) is 52.7 Å². The van der Waals surface area contributed by atoms with E-state index in [0.29, 0.717) is 44.8 Å². The molecule has 1 atom stereocenters. The minimum absolute atomic E-state index is 0.0607. The van der Waals surface area contributed by atoms with Gasteiger partial charge in [-0.05, 0) is 68.1 Å². The minimum Gasteiger partial charge on any atom is -0.494 e. The fourth-order valence-electron chi connectivity index (χ4n) is 5.29. The third-order valence-electron chi connectivity index (χ3n) is 7.34. The lowest BCUT2D eigenvalue weighted by atomic mass is 9.97. The van der Waals surface area contributed by atoms with Gasteiger partial charge < -0.3 is 19.1 Å². The number of carbonyl (C=O) groups excluding carboxylic acids is 1. The second-order valence-electron chi connectivity index (χ2n) is 9.85. The summed E-state index contributed by atoms with van der Waals surface area (Å²) in [6.45, 7) is 8.82. The third-order valence-corrected chi connectivity index (χ3v) is 9.21. The zero-order valence-electron chi connectivity index (χ0n) is 21.5. The van der Waals surface area contributed by atoms with Crippen molar-refractivity contribution in [3.05, 3.63) is 47.5 Å². The van der Waals surface area contributed by atoms with Gasteiger partial charge in [-0.15, -0.1) is 0 Å². The summed E-state index contributed by atoms with van der Waals surface area (Å²) in [5.74, 6) is 1.99. The van der Waals surface area contributed by atoms with Crippen LogP contribution < -0.4 is 14.2 Å². The Kier molecular flexibility index (Phi) is 7.60. The second-order valence-corrected chi connectivity index (χ2v) is 11.8. The van der Waals surface area contributed by atoms with Crippen LogP contribution in [-0.2, 0) is 21.4 Å². The number of hydrogen-bond donors (Lipinski definition) is 0. The standard InChI is InChI=1S/C27H35N3O6S/c1-3-34-24-9-7-23(15-20(24)2)37(32,33)30-10-4-5-22(18-30)27(31)29-13-11-28(12-14-29)17-21-6-8-25-26(16-21)36-19-35-25/h6-9,15-16,22H,3-5,10-14,17-19H2,1-2H3/t22-/m0/s1. The maximum atomic E-state index is 13.4. The molecule has 0 saturated carbocycles. The van der Waals surface area contributed by atoms with Crippen LogP contribution in [0.1, 0.15) is 30.9 Å². The minimum atomic E-state index is -3.68. The van der Waals surface area contributed by atoms with Gasteiger partial charge in [-0.25, -0.2) is 8.42 Å². The summed E-state index contributed by atoms with van der Waals surface area (Å²) in [6.07, 6.45) is 1.39. The SMILES string of the molecule is CCOc1ccc(S(=O)(=O)N2CCC[C@H](C(=O)N3CCN(Cc4ccc5c(c4)OCO5)CC3)C2)cc1C. The second kappa shape index (κ2) is 10.9. The predicted molar refractivity (Wildman–Crippen MR) is 138 cm³/mol. The molecule has 2 fully saturated rings. The highest BCUT2D eigenvalue weighted by Gasteiger charge is 2.36. The molecule has 2 aromatic rings. The van der Waals surface area contributed by atoms with Gasteiger partial charge in [-0.3, -0.25) is 9.69 Å². The summed E-state index contributed by atoms with van der Waals surface area (Å²) in [6, 6.07) is 11.0. The van der Waals surface area contributed by atoms with Gasteiger partial charge in [0.25, 0.3) is 0 Å². The van der Waals surface area contributed by atoms with Crippen LogP contribution in [0, 0.1) is 12.8 Å². The molecule has 9 nitrogen and oxygen atoms in total. The normalized spacial score (nSPS) is 20.7. The summed E-state index contributed by atoms with van der Waals surface area (Å²) in [5.41, 5.74) is 1.94. The summed E-state index contributed by atoms with van der Waals surface area (Å²) >= 11 is 0. The molecule has 0 aromatic heterocycles. The number of ether oxygens (including phenoxy) is 3. The highest BCUT2D eigenvalue weighted by Crippen LogP contribution is 2.33. The first-order valence-electron chi connectivity index (χ1n) is 13.0. The number of amides is 1. The molecule has 200 valence electrons. The Hall–Kier alpha value is -2.82. The van der Waals surface area contributed by atoms with Gasteiger partial charge in [0.05, 0.1) is 17.4 Å². The Bertz CT molecular complexity index is 1240. The first-order chi connectivity index (χ1) is 17.8. The molecular weight excluding hydrogens is 494 g/mol. The molecule has 0 radical (unpaired) electrons. The highest BCUT2D eigenvalue weighted by molar-refractivity contribution is 7.89. The number of aryl methyl sites for hydroxylation is 1. The maximum Gasteiger partial charge on any atom is 0.243 e. The fourth-order valence-corrected chi connectivity index (χ4v) is 6.90. The molecule has 0 spiro atoms. The zero-order chi connectivity index (χ0) is 26.0. The van der Waals surface area contributed by atoms with Crippen LogP contribution in [0.3, 0.4) is 0 Å². The smallest absolute Gasteiger partial charge is 0.243 e. The molecule has 37 heavy (non-hydrogen) atoms. The van der Waals surface area contributed by atoms with Crippen LogP contribution in [0.25, 0.3) is 0 Å². The van der Waals surface area contributed by atoms with Gasteiger partial charge in [0.1, 0.15) is 5.75 Å². The molecule has 2 aromatic carbocycles. The number of hydrogen-bond acceptors (Lipinski definition) is 7. The van der Waals surface area contributed by atoms with Gasteiger partial charge in [-0.2, -0.15) is 4.31 Å². The Morgan fingerprint density at radius 1 is 1.03 bits per heavy atom. The summed E-state index contributed by atoms with van der Waals surface area (Å²) in [5, 5.41) is 0. The van der Waals surface area contributed by atoms with E-state index in [-0.39, 0.29) is 30.1 Å². The lowest BCUT2D eigenvalue weighted by Crippen LogP contribution is -2.52. The van der Waals surface area contributed by atoms with Crippen molar-refractivity contribution in [1.29, 1.82) is 0 Å². The average Bonchev–Trinajstić information content (AvgIpc) is 3.38. The summed E-state index contributed by atoms with van der Waals surface area (Å²) in [4.78, 5) is 17.8. The Morgan fingerprint density at radius 2 is 1.81 bits per heavy atom. The quantitative estimate of drug-likeness (QED) is 0.545. The zero-order valence-corrected chi connectivity index (χ0v) is 22.3. The number of rotatable bonds is 7. The highest BCUT2D eigenvalue weighted by atomic mass is 32.2. The van der Waals surface area contributed by atoms with Gasteiger partial charge in [-0.1, -0.05) is 6.07 Å². The molecule has 1 amide bonds. The van der Waals surface area contributed by atoms with Crippen molar-refractivity contribution in [3.8, 4) is 17.2 Å². The molecule has 3 aliphatic rings. The van der Waals surface area contributed by atoms with Gasteiger partial charge >= 0.3 is 0 Å². The number of nitrogens with zero attached hydrogens (tertiary/aromatic N) is 3. The van der Waals surface area contributed by atoms with Crippen molar-refractivity contribution >= 4 is 15.9 Å². The Balaban J connectivity index is 1.17. The Morgan fingerprint density at radius 3 is 2.57 bits per heavy atom. The van der Waals surface area contributed by atoms with E-state index in [2.05, 4.69) is 4.90 Å². The van der Waals surface area contributed by atoms with E-state index >= 15 is 0 Å². The number of fused-ring (bicyclic) bond motifs is 1. The summed E-state index contributed by atoms with van der Waals surface area (Å²) < 4.78 is 44.6. The summed E-state index contributed by atoms with van der Waals surface area (Å²) in [7, 11) is -3.68. The van der Waals surface area contributed by atoms with E-state index in [0.717, 1.165) is 42.3 Å². The van der Waals surface area contributed by atoms with Crippen LogP contribution in [0.4, 0.5) is 0 Å². The van der Waals surface area contributed by atoms with E-state index in [1.54, 1.807) is 18.2 Å². The van der Waals surface area contributed by atoms with Crippen LogP contribution in [0.5, 0.6) is 17.2 Å². The van der Waals surface area contributed by atoms with Gasteiger partial charge in [0.15, 0.2) is 11.5 Å². The molecule has 5 rings (SSSR count). The van der Waals surface area contributed by atoms with Crippen molar-refractivity contribution in [2.24, 2.45) is 5.92 Å². The van der Waals surface area contributed by atoms with Crippen LogP contribution in [-0.4, -0.2) is 81.1 Å². The number of sulfonamides is 1. The average molecular weight is 530 g/mol. The molecule has 0 bridgehead atoms. The number of benzene rings is 2. The topological polar surface area (TPSA) is 88.6 Å². The first kappa shape index (κ1) is 25.8. The molecule has 0 unspecified atom stereocenters. The monoisotopic (exact) mass is 529 g/mol. The van der Waals surface area contributed by atoms with Crippen LogP contribution in [0.15, 0.2) is 41.3 Å². The molecule has 3 heterocycles. The van der Waals surface area contributed by atoms with Crippen LogP contribution >= 0.6 is 0 Å². The largest absolute Gasteiger partial charge is 0.494 e. The van der Waals surface area contributed by atoms with E-state index < -0.39 is 10.0 Å². The van der Waals surface area contributed by atoms with E-state index in [9.17, 15) is 13.2 Å². The fraction of sp³-hybridized carbons (Fsp3) is 0.519. The van der Waals surface area contributed by atoms with Crippen molar-refractivity contribution in [3.63, 3.8) is 0 Å². The van der Waals surface area contributed by atoms with Crippen molar-refractivity contribution in [2.45, 2.75) is 38.1 Å². The van der Waals surface area contributed by atoms with Gasteiger partial charge in [0, 0.05) is 45.8 Å². The molecule has 0 N–H and O–H groups in total. The van der Waals surface area contributed by atoms with E-state index in [1.807, 2.05) is 36.9 Å². The number of piperazine rings is 1. The maximum absolute atomic E-state index is 13.4. The molecule has 0 aliphatic carbocycles. The van der Waals surface area contributed by atoms with Crippen molar-refractivity contribution < 1.29 is 27.4 Å². The first-order valence-corrected chi connectivity index (χ1v) is 14.4. The predicted octanol–water partition coefficient (Wildman–Crippen LogP) is 2.87. The lowest BCUT2D eigenvalue weighted by molar-refractivity contribution is -0.138. The molecule has 3 aliphatic heterocycles. The van der Waals surface area contributed by atoms with Gasteiger partial charge in [0.2, 0.25) is 22.7 Å². The Labute approximate surface area is 218 Å². The third kappa shape index (κ3) is 5.56. The number of piperidine rings is 1.